The van der Waals surface area contributed by atoms with Crippen molar-refractivity contribution in [1.82, 2.24) is 9.47 Å². The molecule has 1 aliphatic rings. The van der Waals surface area contributed by atoms with Gasteiger partial charge in [-0.25, -0.2) is 0 Å². The van der Waals surface area contributed by atoms with Crippen molar-refractivity contribution in [3.05, 3.63) is 24.0 Å². The number of rotatable bonds is 4. The molecule has 5 heteroatoms. The zero-order valence-electron chi connectivity index (χ0n) is 11.4. The van der Waals surface area contributed by atoms with Gasteiger partial charge in [-0.05, 0) is 31.9 Å². The van der Waals surface area contributed by atoms with Gasteiger partial charge >= 0.3 is 5.97 Å². The first-order valence-electron chi connectivity index (χ1n) is 6.66. The molecule has 1 amide bonds. The summed E-state index contributed by atoms with van der Waals surface area (Å²) in [5, 5.41) is 9.20. The van der Waals surface area contributed by atoms with Crippen molar-refractivity contribution in [3.63, 3.8) is 0 Å². The molecule has 104 valence electrons. The molecular formula is C14H20N2O3. The molecule has 0 aliphatic carbocycles. The highest BCUT2D eigenvalue weighted by atomic mass is 16.4. The van der Waals surface area contributed by atoms with Gasteiger partial charge < -0.3 is 14.6 Å². The van der Waals surface area contributed by atoms with Gasteiger partial charge in [-0.15, -0.1) is 0 Å². The first-order chi connectivity index (χ1) is 8.98. The number of aryl methyl sites for hydroxylation is 1. The van der Waals surface area contributed by atoms with Crippen molar-refractivity contribution >= 4 is 11.9 Å². The van der Waals surface area contributed by atoms with Crippen molar-refractivity contribution in [3.8, 4) is 0 Å². The van der Waals surface area contributed by atoms with Gasteiger partial charge in [0.15, 0.2) is 0 Å². The predicted octanol–water partition coefficient (Wildman–Crippen LogP) is 1.83. The molecule has 1 saturated heterocycles. The zero-order valence-corrected chi connectivity index (χ0v) is 11.4. The smallest absolute Gasteiger partial charge is 0.311 e. The molecule has 2 heterocycles. The van der Waals surface area contributed by atoms with Gasteiger partial charge in [-0.3, -0.25) is 9.59 Å². The van der Waals surface area contributed by atoms with E-state index in [9.17, 15) is 14.7 Å². The maximum atomic E-state index is 12.4. The van der Waals surface area contributed by atoms with Gasteiger partial charge in [0.25, 0.3) is 5.91 Å². The standard InChI is InChI=1S/C14H20N2O3/c1-3-7-15-8-4-5-11(15)12(17)16-9-6-14(2,10-16)13(18)19/h4-5,8H,3,6-7,9-10H2,1-2H3,(H,18,19). The minimum Gasteiger partial charge on any atom is -0.481 e. The number of hydrogen-bond donors (Lipinski definition) is 1. The summed E-state index contributed by atoms with van der Waals surface area (Å²) in [6.07, 6.45) is 3.37. The molecule has 1 aliphatic heterocycles. The van der Waals surface area contributed by atoms with Crippen LogP contribution in [-0.4, -0.2) is 39.5 Å². The number of likely N-dealkylation sites (tertiary alicyclic amines) is 1. The van der Waals surface area contributed by atoms with Crippen LogP contribution in [0.3, 0.4) is 0 Å². The van der Waals surface area contributed by atoms with Gasteiger partial charge in [0.2, 0.25) is 0 Å². The fraction of sp³-hybridized carbons (Fsp3) is 0.571. The lowest BCUT2D eigenvalue weighted by Crippen LogP contribution is -2.35. The Bertz CT molecular complexity index is 495. The molecule has 19 heavy (non-hydrogen) atoms. The van der Waals surface area contributed by atoms with Crippen LogP contribution in [-0.2, 0) is 11.3 Å². The second-order valence-electron chi connectivity index (χ2n) is 5.43. The molecule has 1 unspecified atom stereocenters. The van der Waals surface area contributed by atoms with E-state index in [-0.39, 0.29) is 5.91 Å². The summed E-state index contributed by atoms with van der Waals surface area (Å²) >= 11 is 0. The molecule has 2 rings (SSSR count). The van der Waals surface area contributed by atoms with Crippen LogP contribution >= 0.6 is 0 Å². The summed E-state index contributed by atoms with van der Waals surface area (Å²) in [6.45, 7) is 5.37. The Kier molecular flexibility index (Phi) is 3.64. The molecule has 1 aromatic rings. The number of amides is 1. The van der Waals surface area contributed by atoms with Crippen molar-refractivity contribution in [2.75, 3.05) is 13.1 Å². The Morgan fingerprint density at radius 2 is 2.21 bits per heavy atom. The molecule has 1 aromatic heterocycles. The van der Waals surface area contributed by atoms with E-state index in [4.69, 9.17) is 0 Å². The molecule has 0 aromatic carbocycles. The van der Waals surface area contributed by atoms with Crippen molar-refractivity contribution < 1.29 is 14.7 Å². The van der Waals surface area contributed by atoms with Crippen molar-refractivity contribution in [1.29, 1.82) is 0 Å². The topological polar surface area (TPSA) is 62.5 Å². The molecule has 0 spiro atoms. The van der Waals surface area contributed by atoms with E-state index >= 15 is 0 Å². The minimum atomic E-state index is -0.827. The molecule has 0 bridgehead atoms. The Morgan fingerprint density at radius 1 is 1.47 bits per heavy atom. The fourth-order valence-electron chi connectivity index (χ4n) is 2.52. The fourth-order valence-corrected chi connectivity index (χ4v) is 2.52. The van der Waals surface area contributed by atoms with Gasteiger partial charge in [-0.1, -0.05) is 6.92 Å². The van der Waals surface area contributed by atoms with E-state index in [0.717, 1.165) is 13.0 Å². The van der Waals surface area contributed by atoms with E-state index < -0.39 is 11.4 Å². The highest BCUT2D eigenvalue weighted by molar-refractivity contribution is 5.93. The number of nitrogens with zero attached hydrogens (tertiary/aromatic N) is 2. The number of carbonyl (C=O) groups is 2. The van der Waals surface area contributed by atoms with Crippen LogP contribution in [0, 0.1) is 5.41 Å². The Hall–Kier alpha value is -1.78. The highest BCUT2D eigenvalue weighted by Crippen LogP contribution is 2.31. The third kappa shape index (κ3) is 2.50. The van der Waals surface area contributed by atoms with Crippen LogP contribution in [0.5, 0.6) is 0 Å². The number of carboxylic acid groups (broad SMARTS) is 1. The third-order valence-corrected chi connectivity index (χ3v) is 3.79. The number of hydrogen-bond acceptors (Lipinski definition) is 2. The first-order valence-corrected chi connectivity index (χ1v) is 6.66. The minimum absolute atomic E-state index is 0.0663. The highest BCUT2D eigenvalue weighted by Gasteiger charge is 2.42. The van der Waals surface area contributed by atoms with Crippen LogP contribution in [0.15, 0.2) is 18.3 Å². The zero-order chi connectivity index (χ0) is 14.0. The molecule has 1 atom stereocenters. The second-order valence-corrected chi connectivity index (χ2v) is 5.43. The van der Waals surface area contributed by atoms with Crippen LogP contribution in [0.4, 0.5) is 0 Å². The average Bonchev–Trinajstić information content (AvgIpc) is 2.97. The summed E-state index contributed by atoms with van der Waals surface area (Å²) < 4.78 is 1.93. The number of carboxylic acids is 1. The maximum absolute atomic E-state index is 12.4. The quantitative estimate of drug-likeness (QED) is 0.902. The third-order valence-electron chi connectivity index (χ3n) is 3.79. The van der Waals surface area contributed by atoms with E-state index in [1.165, 1.54) is 0 Å². The molecule has 1 fully saturated rings. The SMILES string of the molecule is CCCn1cccc1C(=O)N1CCC(C)(C(=O)O)C1. The molecule has 5 nitrogen and oxygen atoms in total. The summed E-state index contributed by atoms with van der Waals surface area (Å²) in [5.74, 6) is -0.893. The van der Waals surface area contributed by atoms with Crippen LogP contribution < -0.4 is 0 Å². The van der Waals surface area contributed by atoms with E-state index in [1.54, 1.807) is 17.9 Å². The van der Waals surface area contributed by atoms with E-state index in [2.05, 4.69) is 6.92 Å². The Morgan fingerprint density at radius 3 is 2.79 bits per heavy atom. The van der Waals surface area contributed by atoms with E-state index in [0.29, 0.717) is 25.2 Å². The normalized spacial score (nSPS) is 22.7. The van der Waals surface area contributed by atoms with Crippen LogP contribution in [0.25, 0.3) is 0 Å². The van der Waals surface area contributed by atoms with E-state index in [1.807, 2.05) is 16.8 Å². The largest absolute Gasteiger partial charge is 0.481 e. The monoisotopic (exact) mass is 264 g/mol. The second kappa shape index (κ2) is 5.07. The molecule has 1 N–H and O–H groups in total. The van der Waals surface area contributed by atoms with Gasteiger partial charge in [-0.2, -0.15) is 0 Å². The number of carbonyl (C=O) groups excluding carboxylic acids is 1. The van der Waals surface area contributed by atoms with Crippen molar-refractivity contribution in [2.45, 2.75) is 33.2 Å². The summed E-state index contributed by atoms with van der Waals surface area (Å²) in [7, 11) is 0. The Labute approximate surface area is 112 Å². The first kappa shape index (κ1) is 13.6. The summed E-state index contributed by atoms with van der Waals surface area (Å²) in [4.78, 5) is 25.3. The molecule has 0 radical (unpaired) electrons. The Balaban J connectivity index is 2.13. The van der Waals surface area contributed by atoms with Gasteiger partial charge in [0.1, 0.15) is 5.69 Å². The predicted molar refractivity (Wildman–Crippen MR) is 71.0 cm³/mol. The lowest BCUT2D eigenvalue weighted by Gasteiger charge is -2.20. The van der Waals surface area contributed by atoms with Crippen molar-refractivity contribution in [2.24, 2.45) is 5.41 Å². The maximum Gasteiger partial charge on any atom is 0.311 e. The van der Waals surface area contributed by atoms with Crippen LogP contribution in [0.1, 0.15) is 37.2 Å². The van der Waals surface area contributed by atoms with Gasteiger partial charge in [0, 0.05) is 25.8 Å². The number of aromatic nitrogens is 1. The summed E-state index contributed by atoms with van der Waals surface area (Å²) in [6, 6.07) is 3.66. The lowest BCUT2D eigenvalue weighted by atomic mass is 9.90. The molecule has 0 saturated carbocycles. The summed E-state index contributed by atoms with van der Waals surface area (Å²) in [5.41, 5.74) is -0.158. The number of aliphatic carboxylic acids is 1. The van der Waals surface area contributed by atoms with Crippen LogP contribution in [0.2, 0.25) is 0 Å². The lowest BCUT2D eigenvalue weighted by molar-refractivity contribution is -0.147. The van der Waals surface area contributed by atoms with Gasteiger partial charge in [0.05, 0.1) is 5.41 Å². The average molecular weight is 264 g/mol. The molecular weight excluding hydrogens is 244 g/mol.